The van der Waals surface area contributed by atoms with Crippen LogP contribution >= 0.6 is 0 Å². The van der Waals surface area contributed by atoms with E-state index in [-0.39, 0.29) is 0 Å². The molecule has 0 fully saturated rings. The third kappa shape index (κ3) is 4.36. The summed E-state index contributed by atoms with van der Waals surface area (Å²) in [6.45, 7) is 6.60. The molecular formula is C17H28O. The topological polar surface area (TPSA) is 20.2 Å². The third-order valence-electron chi connectivity index (χ3n) is 3.47. The van der Waals surface area contributed by atoms with Gasteiger partial charge in [-0.3, -0.25) is 0 Å². The van der Waals surface area contributed by atoms with E-state index >= 15 is 0 Å². The summed E-state index contributed by atoms with van der Waals surface area (Å²) in [6.07, 6.45) is 9.06. The van der Waals surface area contributed by atoms with Crippen LogP contribution in [0.3, 0.4) is 0 Å². The molecule has 0 bridgehead atoms. The molecule has 1 aromatic carbocycles. The molecule has 102 valence electrons. The van der Waals surface area contributed by atoms with Crippen LogP contribution in [0.1, 0.15) is 69.6 Å². The van der Waals surface area contributed by atoms with Crippen molar-refractivity contribution < 1.29 is 5.11 Å². The van der Waals surface area contributed by atoms with Crippen molar-refractivity contribution in [1.29, 1.82) is 0 Å². The smallest absolute Gasteiger partial charge is 0.121 e. The Morgan fingerprint density at radius 1 is 0.778 bits per heavy atom. The molecule has 0 saturated heterocycles. The minimum atomic E-state index is 0.561. The molecule has 1 heteroatoms. The maximum atomic E-state index is 10.3. The molecular weight excluding hydrogens is 220 g/mol. The minimum Gasteiger partial charge on any atom is -0.507 e. The van der Waals surface area contributed by atoms with Gasteiger partial charge < -0.3 is 5.11 Å². The summed E-state index contributed by atoms with van der Waals surface area (Å²) in [6, 6.07) is 4.43. The SMILES string of the molecule is CCCCc1cc(CCC)c(O)c(CCCC)c1. The molecule has 0 amide bonds. The van der Waals surface area contributed by atoms with Gasteiger partial charge in [0.15, 0.2) is 0 Å². The van der Waals surface area contributed by atoms with Gasteiger partial charge in [-0.1, -0.05) is 52.2 Å². The van der Waals surface area contributed by atoms with Gasteiger partial charge >= 0.3 is 0 Å². The van der Waals surface area contributed by atoms with E-state index in [0.717, 1.165) is 43.2 Å². The minimum absolute atomic E-state index is 0.561. The lowest BCUT2D eigenvalue weighted by Gasteiger charge is -2.12. The molecule has 0 atom stereocenters. The quantitative estimate of drug-likeness (QED) is 0.684. The monoisotopic (exact) mass is 248 g/mol. The van der Waals surface area contributed by atoms with Gasteiger partial charge in [0, 0.05) is 0 Å². The molecule has 1 rings (SSSR count). The van der Waals surface area contributed by atoms with Crippen molar-refractivity contribution >= 4 is 0 Å². The van der Waals surface area contributed by atoms with Crippen molar-refractivity contribution in [2.45, 2.75) is 72.1 Å². The van der Waals surface area contributed by atoms with Crippen LogP contribution in [0.25, 0.3) is 0 Å². The molecule has 0 aliphatic carbocycles. The first-order valence-corrected chi connectivity index (χ1v) is 7.56. The summed E-state index contributed by atoms with van der Waals surface area (Å²) in [5.74, 6) is 0.561. The van der Waals surface area contributed by atoms with Crippen molar-refractivity contribution in [3.8, 4) is 5.75 Å². The zero-order valence-electron chi connectivity index (χ0n) is 12.3. The number of aromatic hydroxyl groups is 1. The highest BCUT2D eigenvalue weighted by atomic mass is 16.3. The average Bonchev–Trinajstić information content (AvgIpc) is 2.38. The summed E-state index contributed by atoms with van der Waals surface area (Å²) in [5.41, 5.74) is 3.72. The van der Waals surface area contributed by atoms with Crippen molar-refractivity contribution in [2.75, 3.05) is 0 Å². The van der Waals surface area contributed by atoms with E-state index < -0.39 is 0 Å². The van der Waals surface area contributed by atoms with Crippen molar-refractivity contribution in [2.24, 2.45) is 0 Å². The van der Waals surface area contributed by atoms with Gasteiger partial charge in [0.1, 0.15) is 5.75 Å². The van der Waals surface area contributed by atoms with Gasteiger partial charge in [-0.25, -0.2) is 0 Å². The molecule has 0 aliphatic heterocycles. The second kappa shape index (κ2) is 8.18. The Hall–Kier alpha value is -0.980. The van der Waals surface area contributed by atoms with Gasteiger partial charge in [-0.2, -0.15) is 0 Å². The largest absolute Gasteiger partial charge is 0.507 e. The van der Waals surface area contributed by atoms with Gasteiger partial charge in [-0.15, -0.1) is 0 Å². The molecule has 0 aliphatic rings. The maximum Gasteiger partial charge on any atom is 0.121 e. The van der Waals surface area contributed by atoms with E-state index in [9.17, 15) is 5.11 Å². The van der Waals surface area contributed by atoms with Crippen LogP contribution in [0.2, 0.25) is 0 Å². The Balaban J connectivity index is 2.94. The maximum absolute atomic E-state index is 10.3. The molecule has 0 aromatic heterocycles. The predicted octanol–water partition coefficient (Wildman–Crippen LogP) is 5.03. The number of phenols is 1. The Morgan fingerprint density at radius 3 is 1.89 bits per heavy atom. The highest BCUT2D eigenvalue weighted by molar-refractivity contribution is 5.44. The van der Waals surface area contributed by atoms with E-state index in [1.54, 1.807) is 0 Å². The molecule has 1 N–H and O–H groups in total. The van der Waals surface area contributed by atoms with Crippen LogP contribution in [0, 0.1) is 0 Å². The first-order valence-electron chi connectivity index (χ1n) is 7.56. The van der Waals surface area contributed by atoms with Crippen molar-refractivity contribution in [1.82, 2.24) is 0 Å². The Morgan fingerprint density at radius 2 is 1.33 bits per heavy atom. The van der Waals surface area contributed by atoms with Gasteiger partial charge in [-0.05, 0) is 48.8 Å². The van der Waals surface area contributed by atoms with Crippen LogP contribution < -0.4 is 0 Å². The number of hydrogen-bond donors (Lipinski definition) is 1. The molecule has 1 nitrogen and oxygen atoms in total. The first-order chi connectivity index (χ1) is 8.72. The Labute approximate surface area is 112 Å². The summed E-state index contributed by atoms with van der Waals surface area (Å²) < 4.78 is 0. The molecule has 0 saturated carbocycles. The van der Waals surface area contributed by atoms with Crippen LogP contribution in [-0.4, -0.2) is 5.11 Å². The average molecular weight is 248 g/mol. The summed E-state index contributed by atoms with van der Waals surface area (Å²) >= 11 is 0. The second-order valence-corrected chi connectivity index (χ2v) is 5.22. The Bertz CT molecular complexity index is 355. The molecule has 1 aromatic rings. The summed E-state index contributed by atoms with van der Waals surface area (Å²) in [7, 11) is 0. The van der Waals surface area contributed by atoms with Gasteiger partial charge in [0.2, 0.25) is 0 Å². The van der Waals surface area contributed by atoms with Crippen LogP contribution in [0.15, 0.2) is 12.1 Å². The third-order valence-corrected chi connectivity index (χ3v) is 3.47. The molecule has 18 heavy (non-hydrogen) atoms. The van der Waals surface area contributed by atoms with E-state index in [4.69, 9.17) is 0 Å². The zero-order valence-corrected chi connectivity index (χ0v) is 12.3. The molecule has 0 radical (unpaired) electrons. The number of rotatable bonds is 8. The number of unbranched alkanes of at least 4 members (excludes halogenated alkanes) is 2. The number of benzene rings is 1. The fourth-order valence-electron chi connectivity index (χ4n) is 2.38. The summed E-state index contributed by atoms with van der Waals surface area (Å²) in [4.78, 5) is 0. The van der Waals surface area contributed by atoms with Crippen LogP contribution in [-0.2, 0) is 19.3 Å². The number of hydrogen-bond acceptors (Lipinski definition) is 1. The highest BCUT2D eigenvalue weighted by Crippen LogP contribution is 2.28. The standard InChI is InChI=1S/C17H28O/c1-4-7-10-14-12-15(9-6-3)17(18)16(13-14)11-8-5-2/h12-13,18H,4-11H2,1-3H3. The zero-order chi connectivity index (χ0) is 13.4. The first kappa shape index (κ1) is 15.1. The molecule has 0 heterocycles. The van der Waals surface area contributed by atoms with E-state index in [0.29, 0.717) is 5.75 Å². The summed E-state index contributed by atoms with van der Waals surface area (Å²) in [5, 5.41) is 10.3. The highest BCUT2D eigenvalue weighted by Gasteiger charge is 2.09. The normalized spacial score (nSPS) is 10.8. The Kier molecular flexibility index (Phi) is 6.85. The van der Waals surface area contributed by atoms with E-state index in [1.165, 1.54) is 24.8 Å². The van der Waals surface area contributed by atoms with Crippen molar-refractivity contribution in [3.63, 3.8) is 0 Å². The number of aryl methyl sites for hydroxylation is 3. The predicted molar refractivity (Wildman–Crippen MR) is 79.3 cm³/mol. The lowest BCUT2D eigenvalue weighted by atomic mass is 9.95. The fourth-order valence-corrected chi connectivity index (χ4v) is 2.38. The fraction of sp³-hybridized carbons (Fsp3) is 0.647. The number of phenolic OH excluding ortho intramolecular Hbond substituents is 1. The van der Waals surface area contributed by atoms with Gasteiger partial charge in [0.05, 0.1) is 0 Å². The lowest BCUT2D eigenvalue weighted by molar-refractivity contribution is 0.459. The molecule has 0 spiro atoms. The van der Waals surface area contributed by atoms with Crippen LogP contribution in [0.4, 0.5) is 0 Å². The van der Waals surface area contributed by atoms with Gasteiger partial charge in [0.25, 0.3) is 0 Å². The molecule has 0 unspecified atom stereocenters. The van der Waals surface area contributed by atoms with Crippen LogP contribution in [0.5, 0.6) is 5.75 Å². The lowest BCUT2D eigenvalue weighted by Crippen LogP contribution is -1.96. The second-order valence-electron chi connectivity index (χ2n) is 5.22. The van der Waals surface area contributed by atoms with E-state index in [1.807, 2.05) is 0 Å². The van der Waals surface area contributed by atoms with Crippen molar-refractivity contribution in [3.05, 3.63) is 28.8 Å². The van der Waals surface area contributed by atoms with E-state index in [2.05, 4.69) is 32.9 Å².